The van der Waals surface area contributed by atoms with E-state index < -0.39 is 11.2 Å². The summed E-state index contributed by atoms with van der Waals surface area (Å²) in [7, 11) is 0. The fourth-order valence-corrected chi connectivity index (χ4v) is 3.95. The first-order valence-corrected chi connectivity index (χ1v) is 11.2. The van der Waals surface area contributed by atoms with Gasteiger partial charge in [0.25, 0.3) is 0 Å². The molecule has 0 radical (unpaired) electrons. The van der Waals surface area contributed by atoms with Crippen molar-refractivity contribution in [3.05, 3.63) is 51.7 Å². The van der Waals surface area contributed by atoms with Gasteiger partial charge in [0.05, 0.1) is 5.39 Å². The Hall–Kier alpha value is -2.95. The van der Waals surface area contributed by atoms with Crippen molar-refractivity contribution < 1.29 is 19.7 Å². The molecule has 0 aliphatic heterocycles. The smallest absolute Gasteiger partial charge is 0.235 e. The Morgan fingerprint density at radius 1 is 0.839 bits per heavy atom. The molecule has 0 saturated carbocycles. The van der Waals surface area contributed by atoms with Gasteiger partial charge in [-0.25, -0.2) is 0 Å². The van der Waals surface area contributed by atoms with Gasteiger partial charge in [0.2, 0.25) is 11.2 Å². The van der Waals surface area contributed by atoms with Crippen molar-refractivity contribution in [2.75, 3.05) is 0 Å². The lowest BCUT2D eigenvalue weighted by atomic mass is 10.0. The SMILES string of the molecule is CCCCCCCCCCc1ccc2c(=O)c(O)c(-c3cc(O)c(O)cc3C)oc2c1. The Morgan fingerprint density at radius 2 is 1.48 bits per heavy atom. The zero-order valence-electron chi connectivity index (χ0n) is 18.4. The van der Waals surface area contributed by atoms with Gasteiger partial charge in [-0.05, 0) is 55.2 Å². The summed E-state index contributed by atoms with van der Waals surface area (Å²) in [5.41, 5.74) is 1.91. The summed E-state index contributed by atoms with van der Waals surface area (Å²) in [5.74, 6) is -1.12. The van der Waals surface area contributed by atoms with E-state index in [1.54, 1.807) is 13.0 Å². The third-order valence-electron chi connectivity index (χ3n) is 5.82. The second-order valence-corrected chi connectivity index (χ2v) is 8.32. The van der Waals surface area contributed by atoms with Crippen LogP contribution < -0.4 is 5.43 Å². The number of hydrogen-bond donors (Lipinski definition) is 3. The highest BCUT2D eigenvalue weighted by atomic mass is 16.4. The van der Waals surface area contributed by atoms with E-state index in [4.69, 9.17) is 4.42 Å². The van der Waals surface area contributed by atoms with Crippen molar-refractivity contribution in [2.45, 2.75) is 71.6 Å². The van der Waals surface area contributed by atoms with Gasteiger partial charge in [-0.2, -0.15) is 0 Å². The molecule has 5 heteroatoms. The molecule has 0 saturated heterocycles. The topological polar surface area (TPSA) is 90.9 Å². The maximum Gasteiger partial charge on any atom is 0.235 e. The zero-order chi connectivity index (χ0) is 22.4. The number of aromatic hydroxyl groups is 3. The van der Waals surface area contributed by atoms with Crippen LogP contribution in [0, 0.1) is 6.92 Å². The Morgan fingerprint density at radius 3 is 2.19 bits per heavy atom. The van der Waals surface area contributed by atoms with Gasteiger partial charge in [0.15, 0.2) is 17.3 Å². The van der Waals surface area contributed by atoms with Crippen LogP contribution in [0.15, 0.2) is 39.5 Å². The van der Waals surface area contributed by atoms with Crippen LogP contribution in [-0.2, 0) is 6.42 Å². The minimum Gasteiger partial charge on any atom is -0.504 e. The number of hydrogen-bond acceptors (Lipinski definition) is 5. The van der Waals surface area contributed by atoms with Crippen LogP contribution in [0.5, 0.6) is 17.2 Å². The van der Waals surface area contributed by atoms with E-state index in [2.05, 4.69) is 6.92 Å². The summed E-state index contributed by atoms with van der Waals surface area (Å²) in [5, 5.41) is 30.3. The van der Waals surface area contributed by atoms with Crippen molar-refractivity contribution in [1.29, 1.82) is 0 Å². The summed E-state index contributed by atoms with van der Waals surface area (Å²) < 4.78 is 5.92. The second kappa shape index (κ2) is 10.4. The number of benzene rings is 2. The quantitative estimate of drug-likeness (QED) is 0.253. The van der Waals surface area contributed by atoms with Crippen molar-refractivity contribution >= 4 is 11.0 Å². The molecule has 0 amide bonds. The molecule has 1 aromatic heterocycles. The van der Waals surface area contributed by atoms with E-state index in [0.29, 0.717) is 22.1 Å². The molecule has 3 aromatic rings. The van der Waals surface area contributed by atoms with Crippen molar-refractivity contribution in [3.8, 4) is 28.6 Å². The van der Waals surface area contributed by atoms with Gasteiger partial charge in [-0.3, -0.25) is 4.79 Å². The predicted molar refractivity (Wildman–Crippen MR) is 124 cm³/mol. The summed E-state index contributed by atoms with van der Waals surface area (Å²) >= 11 is 0. The number of rotatable bonds is 10. The largest absolute Gasteiger partial charge is 0.504 e. The highest BCUT2D eigenvalue weighted by Gasteiger charge is 2.19. The number of fused-ring (bicyclic) bond motifs is 1. The molecule has 166 valence electrons. The molecule has 0 unspecified atom stereocenters. The molecule has 3 rings (SSSR count). The molecule has 31 heavy (non-hydrogen) atoms. The van der Waals surface area contributed by atoms with Crippen molar-refractivity contribution in [2.24, 2.45) is 0 Å². The minimum atomic E-state index is -0.512. The minimum absolute atomic E-state index is 0.00507. The fraction of sp³-hybridized carbons (Fsp3) is 0.423. The monoisotopic (exact) mass is 424 g/mol. The molecule has 0 spiro atoms. The number of phenols is 2. The first kappa shape index (κ1) is 22.7. The Bertz CT molecular complexity index is 1100. The van der Waals surface area contributed by atoms with Gasteiger partial charge in [-0.15, -0.1) is 0 Å². The number of unbranched alkanes of at least 4 members (excludes halogenated alkanes) is 7. The average molecular weight is 425 g/mol. The van der Waals surface area contributed by atoms with E-state index in [-0.39, 0.29) is 17.3 Å². The maximum absolute atomic E-state index is 12.7. The Balaban J connectivity index is 1.77. The predicted octanol–water partition coefficient (Wildman–Crippen LogP) is 6.57. The van der Waals surface area contributed by atoms with Crippen LogP contribution in [0.25, 0.3) is 22.3 Å². The van der Waals surface area contributed by atoms with E-state index in [1.165, 1.54) is 57.1 Å². The summed E-state index contributed by atoms with van der Waals surface area (Å²) in [6, 6.07) is 8.13. The molecule has 1 heterocycles. The summed E-state index contributed by atoms with van der Waals surface area (Å²) in [6.07, 6.45) is 10.9. The van der Waals surface area contributed by atoms with Gasteiger partial charge in [-0.1, -0.05) is 57.9 Å². The van der Waals surface area contributed by atoms with E-state index in [9.17, 15) is 20.1 Å². The molecular formula is C26H32O5. The van der Waals surface area contributed by atoms with Crippen LogP contribution in [0.4, 0.5) is 0 Å². The molecule has 0 bridgehead atoms. The Kier molecular flexibility index (Phi) is 7.61. The van der Waals surface area contributed by atoms with Crippen LogP contribution >= 0.6 is 0 Å². The van der Waals surface area contributed by atoms with Crippen molar-refractivity contribution in [3.63, 3.8) is 0 Å². The molecule has 0 fully saturated rings. The van der Waals surface area contributed by atoms with E-state index >= 15 is 0 Å². The summed E-state index contributed by atoms with van der Waals surface area (Å²) in [6.45, 7) is 3.93. The molecule has 0 aliphatic carbocycles. The van der Waals surface area contributed by atoms with E-state index in [0.717, 1.165) is 18.4 Å². The molecule has 0 aliphatic rings. The fourth-order valence-electron chi connectivity index (χ4n) is 3.95. The number of phenolic OH excluding ortho intramolecular Hbond substituents is 2. The third kappa shape index (κ3) is 5.40. The van der Waals surface area contributed by atoms with Gasteiger partial charge in [0, 0.05) is 5.56 Å². The highest BCUT2D eigenvalue weighted by Crippen LogP contribution is 2.38. The molecule has 2 aromatic carbocycles. The molecule has 5 nitrogen and oxygen atoms in total. The molecule has 0 atom stereocenters. The lowest BCUT2D eigenvalue weighted by Gasteiger charge is -2.11. The van der Waals surface area contributed by atoms with Crippen LogP contribution in [-0.4, -0.2) is 15.3 Å². The van der Waals surface area contributed by atoms with Crippen LogP contribution in [0.3, 0.4) is 0 Å². The number of aryl methyl sites for hydroxylation is 2. The van der Waals surface area contributed by atoms with Crippen molar-refractivity contribution in [1.82, 2.24) is 0 Å². The first-order valence-electron chi connectivity index (χ1n) is 11.2. The second-order valence-electron chi connectivity index (χ2n) is 8.32. The lowest BCUT2D eigenvalue weighted by molar-refractivity contribution is 0.403. The maximum atomic E-state index is 12.7. The highest BCUT2D eigenvalue weighted by molar-refractivity contribution is 5.83. The molecule has 3 N–H and O–H groups in total. The summed E-state index contributed by atoms with van der Waals surface area (Å²) in [4.78, 5) is 12.7. The van der Waals surface area contributed by atoms with Gasteiger partial charge < -0.3 is 19.7 Å². The average Bonchev–Trinajstić information content (AvgIpc) is 2.75. The van der Waals surface area contributed by atoms with Gasteiger partial charge >= 0.3 is 0 Å². The molecular weight excluding hydrogens is 392 g/mol. The Labute approximate surface area is 183 Å². The van der Waals surface area contributed by atoms with E-state index in [1.807, 2.05) is 12.1 Å². The van der Waals surface area contributed by atoms with Gasteiger partial charge in [0.1, 0.15) is 5.58 Å². The van der Waals surface area contributed by atoms with Crippen LogP contribution in [0.1, 0.15) is 69.4 Å². The standard InChI is InChI=1S/C26H32O5/c1-3-4-5-6-7-8-9-10-11-18-12-13-19-23(15-18)31-26(25(30)24(19)29)20-16-22(28)21(27)14-17(20)2/h12-16,27-28,30H,3-11H2,1-2H3. The van der Waals surface area contributed by atoms with Crippen LogP contribution in [0.2, 0.25) is 0 Å². The first-order chi connectivity index (χ1) is 14.9. The lowest BCUT2D eigenvalue weighted by Crippen LogP contribution is -2.03. The third-order valence-corrected chi connectivity index (χ3v) is 5.82. The normalized spacial score (nSPS) is 11.3. The zero-order valence-corrected chi connectivity index (χ0v) is 18.4.